The van der Waals surface area contributed by atoms with Crippen molar-refractivity contribution in [3.8, 4) is 0 Å². The third-order valence-electron chi connectivity index (χ3n) is 21.6. The van der Waals surface area contributed by atoms with Crippen LogP contribution in [0.5, 0.6) is 0 Å². The summed E-state index contributed by atoms with van der Waals surface area (Å²) in [4.78, 5) is 49.0. The summed E-state index contributed by atoms with van der Waals surface area (Å²) >= 11 is 0. The summed E-state index contributed by atoms with van der Waals surface area (Å²) in [6.45, 7) is 16.1. The van der Waals surface area contributed by atoms with Gasteiger partial charge in [-0.05, 0) is 162 Å². The van der Waals surface area contributed by atoms with Crippen molar-refractivity contribution in [2.75, 3.05) is 0 Å². The number of aryl methyl sites for hydroxylation is 2. The van der Waals surface area contributed by atoms with E-state index in [1.165, 1.54) is 25.0 Å². The molecule has 2 N–H and O–H groups in total. The second-order valence-corrected chi connectivity index (χ2v) is 24.9. The Kier molecular flexibility index (Phi) is 11.5. The zero-order valence-electron chi connectivity index (χ0n) is 42.7. The first-order valence-electron chi connectivity index (χ1n) is 26.8. The minimum absolute atomic E-state index is 0.00258. The maximum Gasteiger partial charge on any atom is 0.306 e. The van der Waals surface area contributed by atoms with E-state index in [-0.39, 0.29) is 99.4 Å². The first-order valence-corrected chi connectivity index (χ1v) is 26.8. The SMILES string of the molecule is CC(=O)O[C@H]1CC[C@@]2(C)C(=C[C@@H](c3ccc(C)o3)[C@@H]3C2[C@H](OC(C)=O)C[C@@]2(C)[C@H]3CCC23CCC(=O)O3)C1.Cc1ccc([C@@H]2C=C3C[C@@H](O)CC[C@]3(C)C3[C@@H]2[C@@H]2CCC4(CCC(=O)O4)[C@@]2(C)C[C@H]3O)o1. The molecule has 0 aromatic carbocycles. The first-order chi connectivity index (χ1) is 33.1. The van der Waals surface area contributed by atoms with Crippen LogP contribution in [0.25, 0.3) is 0 Å². The molecule has 0 bridgehead atoms. The predicted octanol–water partition coefficient (Wildman–Crippen LogP) is 10.4. The number of allylic oxidation sites excluding steroid dienone is 2. The van der Waals surface area contributed by atoms with Gasteiger partial charge in [0.15, 0.2) is 0 Å². The number of esters is 4. The van der Waals surface area contributed by atoms with Crippen LogP contribution in [0.2, 0.25) is 0 Å². The molecule has 12 nitrogen and oxygen atoms in total. The van der Waals surface area contributed by atoms with Gasteiger partial charge in [-0.15, -0.1) is 0 Å². The average Bonchev–Trinajstić information content (AvgIpc) is 4.16. The minimum Gasteiger partial charge on any atom is -0.466 e. The molecular formula is C58H76O12. The molecule has 12 rings (SSSR count). The van der Waals surface area contributed by atoms with Crippen LogP contribution in [0.4, 0.5) is 0 Å². The molecule has 2 aromatic heterocycles. The molecule has 4 heterocycles. The number of ether oxygens (including phenoxy) is 4. The van der Waals surface area contributed by atoms with Gasteiger partial charge in [-0.2, -0.15) is 0 Å². The highest BCUT2D eigenvalue weighted by atomic mass is 16.6. The highest BCUT2D eigenvalue weighted by molar-refractivity contribution is 5.73. The third kappa shape index (κ3) is 7.14. The number of rotatable bonds is 4. The van der Waals surface area contributed by atoms with E-state index < -0.39 is 17.3 Å². The molecule has 4 unspecified atom stereocenters. The summed E-state index contributed by atoms with van der Waals surface area (Å²) in [5.41, 5.74) is 0.813. The second kappa shape index (κ2) is 16.7. The van der Waals surface area contributed by atoms with Crippen LogP contribution in [-0.4, -0.2) is 69.7 Å². The lowest BCUT2D eigenvalue weighted by Gasteiger charge is -2.62. The van der Waals surface area contributed by atoms with E-state index in [0.29, 0.717) is 50.4 Å². The normalized spacial score (nSPS) is 46.4. The third-order valence-corrected chi connectivity index (χ3v) is 21.6. The van der Waals surface area contributed by atoms with Gasteiger partial charge in [0, 0.05) is 61.7 Å². The lowest BCUT2D eigenvalue weighted by molar-refractivity contribution is -0.198. The molecule has 70 heavy (non-hydrogen) atoms. The van der Waals surface area contributed by atoms with Crippen molar-refractivity contribution in [2.24, 2.45) is 57.2 Å². The largest absolute Gasteiger partial charge is 0.466 e. The number of carbonyl (C=O) groups excluding carboxylic acids is 4. The van der Waals surface area contributed by atoms with Crippen LogP contribution in [-0.2, 0) is 38.1 Å². The lowest BCUT2D eigenvalue weighted by Crippen LogP contribution is -2.61. The number of aliphatic hydroxyl groups excluding tert-OH is 2. The average molecular weight is 965 g/mol. The number of furan rings is 2. The highest BCUT2D eigenvalue weighted by Crippen LogP contribution is 2.73. The lowest BCUT2D eigenvalue weighted by atomic mass is 9.44. The van der Waals surface area contributed by atoms with Gasteiger partial charge in [-0.3, -0.25) is 19.2 Å². The summed E-state index contributed by atoms with van der Waals surface area (Å²) in [5.74, 6) is 4.29. The van der Waals surface area contributed by atoms with Crippen molar-refractivity contribution < 1.29 is 57.2 Å². The van der Waals surface area contributed by atoms with E-state index in [0.717, 1.165) is 87.2 Å². The van der Waals surface area contributed by atoms with Crippen LogP contribution < -0.4 is 0 Å². The van der Waals surface area contributed by atoms with Gasteiger partial charge in [-0.1, -0.05) is 51.0 Å². The van der Waals surface area contributed by atoms with Crippen LogP contribution in [0, 0.1) is 71.0 Å². The van der Waals surface area contributed by atoms with E-state index in [1.807, 2.05) is 26.0 Å². The Bertz CT molecular complexity index is 2510. The van der Waals surface area contributed by atoms with Crippen molar-refractivity contribution in [3.05, 3.63) is 70.6 Å². The van der Waals surface area contributed by atoms with E-state index in [2.05, 4.69) is 52.0 Å². The van der Waals surface area contributed by atoms with Gasteiger partial charge in [0.05, 0.1) is 12.2 Å². The Morgan fingerprint density at radius 1 is 0.614 bits per heavy atom. The number of aliphatic hydroxyl groups is 2. The Morgan fingerprint density at radius 2 is 1.11 bits per heavy atom. The summed E-state index contributed by atoms with van der Waals surface area (Å²) in [6, 6.07) is 8.21. The number of carbonyl (C=O) groups is 4. The maximum atomic E-state index is 12.5. The number of fused-ring (bicyclic) bond motifs is 12. The second-order valence-electron chi connectivity index (χ2n) is 24.9. The van der Waals surface area contributed by atoms with Crippen LogP contribution in [0.3, 0.4) is 0 Å². The van der Waals surface area contributed by atoms with Crippen molar-refractivity contribution in [1.29, 1.82) is 0 Å². The van der Waals surface area contributed by atoms with Gasteiger partial charge in [0.2, 0.25) is 0 Å². The fourth-order valence-corrected chi connectivity index (χ4v) is 18.5. The van der Waals surface area contributed by atoms with Gasteiger partial charge in [0.1, 0.15) is 46.5 Å². The van der Waals surface area contributed by atoms with Crippen molar-refractivity contribution in [2.45, 2.75) is 206 Å². The Labute approximate surface area is 413 Å². The quantitative estimate of drug-likeness (QED) is 0.169. The van der Waals surface area contributed by atoms with Crippen LogP contribution in [0.15, 0.2) is 56.4 Å². The molecule has 0 amide bonds. The predicted molar refractivity (Wildman–Crippen MR) is 257 cm³/mol. The Morgan fingerprint density at radius 3 is 1.61 bits per heavy atom. The van der Waals surface area contributed by atoms with Gasteiger partial charge >= 0.3 is 23.9 Å². The minimum atomic E-state index is -0.500. The summed E-state index contributed by atoms with van der Waals surface area (Å²) in [6.07, 6.45) is 15.9. The number of hydrogen-bond donors (Lipinski definition) is 2. The molecule has 10 aliphatic rings. The van der Waals surface area contributed by atoms with E-state index >= 15 is 0 Å². The molecule has 12 heteroatoms. The molecule has 2 saturated heterocycles. The fourth-order valence-electron chi connectivity index (χ4n) is 18.5. The van der Waals surface area contributed by atoms with Gasteiger partial charge < -0.3 is 38.0 Å². The molecule has 2 aromatic rings. The van der Waals surface area contributed by atoms with Gasteiger partial charge in [0.25, 0.3) is 0 Å². The fraction of sp³-hybridized carbons (Fsp3) is 0.724. The van der Waals surface area contributed by atoms with Crippen molar-refractivity contribution in [1.82, 2.24) is 0 Å². The summed E-state index contributed by atoms with van der Waals surface area (Å²) in [7, 11) is 0. The zero-order chi connectivity index (χ0) is 49.5. The highest BCUT2D eigenvalue weighted by Gasteiger charge is 2.73. The zero-order valence-corrected chi connectivity index (χ0v) is 42.7. The van der Waals surface area contributed by atoms with Crippen LogP contribution >= 0.6 is 0 Å². The van der Waals surface area contributed by atoms with Crippen molar-refractivity contribution in [3.63, 3.8) is 0 Å². The molecule has 8 aliphatic carbocycles. The molecule has 380 valence electrons. The maximum absolute atomic E-state index is 12.5. The monoisotopic (exact) mass is 965 g/mol. The molecule has 8 fully saturated rings. The number of hydrogen-bond acceptors (Lipinski definition) is 12. The van der Waals surface area contributed by atoms with Crippen molar-refractivity contribution >= 4 is 23.9 Å². The Hall–Kier alpha value is -4.16. The molecule has 18 atom stereocenters. The van der Waals surface area contributed by atoms with Gasteiger partial charge in [-0.25, -0.2) is 0 Å². The van der Waals surface area contributed by atoms with Crippen LogP contribution in [0.1, 0.15) is 179 Å². The first kappa shape index (κ1) is 48.1. The Balaban J connectivity index is 0.000000154. The standard InChI is InChI=1S/C31H40O7.C27H36O5/c1-17-6-7-24(35-17)22-15-20-14-21(36-18(2)32)8-11-29(20,4)28-25(37-19(3)33)16-30(5)23(27(22)28)9-12-31(30)13-10-26(34)38-31;1-15-4-5-21(31-15)18-13-16-12-17(28)6-9-25(16,2)24-20(29)14-26(3)19(23(18)24)7-10-27(26)11-8-22(30)32-27/h6-7,15,21-23,25,27-28H,8-14,16H2,1-5H3;4-5,13,17-20,23-24,28-29H,6-12,14H2,1-3H3/t21-,22-,23-,25+,27-,28?,29-,30-,31?;17-,18-,19-,20+,23-,24?,25-,26-,27?/m00/s1. The topological polar surface area (TPSA) is 172 Å². The summed E-state index contributed by atoms with van der Waals surface area (Å²) < 4.78 is 36.6. The molecule has 2 aliphatic heterocycles. The molecule has 6 saturated carbocycles. The molecular weight excluding hydrogens is 889 g/mol. The molecule has 0 radical (unpaired) electrons. The van der Waals surface area contributed by atoms with E-state index in [9.17, 15) is 29.4 Å². The molecule has 2 spiro atoms. The summed E-state index contributed by atoms with van der Waals surface area (Å²) in [5, 5.41) is 22.3. The smallest absolute Gasteiger partial charge is 0.306 e. The van der Waals surface area contributed by atoms with E-state index in [4.69, 9.17) is 27.8 Å². The van der Waals surface area contributed by atoms with E-state index in [1.54, 1.807) is 0 Å².